The Kier molecular flexibility index (Phi) is 5.53. The largest absolute Gasteiger partial charge is 0.493 e. The van der Waals surface area contributed by atoms with E-state index in [0.29, 0.717) is 23.8 Å². The van der Waals surface area contributed by atoms with Crippen LogP contribution in [0, 0.1) is 0 Å². The summed E-state index contributed by atoms with van der Waals surface area (Å²) in [6, 6.07) is 16.9. The number of hydrogen-bond donors (Lipinski definition) is 1. The van der Waals surface area contributed by atoms with Crippen molar-refractivity contribution in [2.24, 2.45) is 0 Å². The summed E-state index contributed by atoms with van der Waals surface area (Å²) in [6.45, 7) is 2.48. The number of ether oxygens (including phenoxy) is 2. The summed E-state index contributed by atoms with van der Waals surface area (Å²) >= 11 is 0. The van der Waals surface area contributed by atoms with Gasteiger partial charge in [0.1, 0.15) is 5.76 Å². The first-order chi connectivity index (χ1) is 16.5. The number of amides is 3. The van der Waals surface area contributed by atoms with Crippen LogP contribution in [0.15, 0.2) is 65.3 Å². The minimum absolute atomic E-state index is 0.147. The van der Waals surface area contributed by atoms with Gasteiger partial charge in [0.15, 0.2) is 17.0 Å². The molecule has 3 amide bonds. The minimum Gasteiger partial charge on any atom is -0.493 e. The number of furan rings is 1. The third-order valence-electron chi connectivity index (χ3n) is 6.70. The van der Waals surface area contributed by atoms with E-state index in [-0.39, 0.29) is 18.6 Å². The standard InChI is InChI=1S/C26H27N3O5/c1-26(22-10-7-13-34-22)24(30)29(25(31)27-26)16-28-12-11-18-14-20(32-2)21(33-3)15-19(18)23(28)17-8-5-4-6-9-17/h4-10,13-15,23H,11-12,16H2,1-3H3,(H,27,31)/t23-,26+/m0/s1. The number of hydrogen-bond acceptors (Lipinski definition) is 6. The van der Waals surface area contributed by atoms with Crippen LogP contribution in [-0.2, 0) is 16.8 Å². The average Bonchev–Trinajstić information content (AvgIpc) is 3.48. The van der Waals surface area contributed by atoms with Crippen molar-refractivity contribution in [3.8, 4) is 11.5 Å². The van der Waals surface area contributed by atoms with Crippen molar-refractivity contribution in [2.45, 2.75) is 24.9 Å². The predicted octanol–water partition coefficient (Wildman–Crippen LogP) is 3.67. The Morgan fingerprint density at radius 1 is 1.06 bits per heavy atom. The Bertz CT molecular complexity index is 1210. The van der Waals surface area contributed by atoms with Crippen molar-refractivity contribution in [1.29, 1.82) is 0 Å². The summed E-state index contributed by atoms with van der Waals surface area (Å²) in [5.74, 6) is 1.40. The molecule has 5 rings (SSSR count). The van der Waals surface area contributed by atoms with Crippen molar-refractivity contribution in [3.63, 3.8) is 0 Å². The van der Waals surface area contributed by atoms with E-state index in [1.807, 2.05) is 30.3 Å². The molecule has 8 nitrogen and oxygen atoms in total. The highest BCUT2D eigenvalue weighted by atomic mass is 16.5. The molecule has 1 N–H and O–H groups in total. The van der Waals surface area contributed by atoms with E-state index in [9.17, 15) is 9.59 Å². The maximum Gasteiger partial charge on any atom is 0.326 e. The molecule has 1 saturated heterocycles. The van der Waals surface area contributed by atoms with Crippen molar-refractivity contribution in [2.75, 3.05) is 27.4 Å². The van der Waals surface area contributed by atoms with Gasteiger partial charge in [-0.1, -0.05) is 30.3 Å². The highest BCUT2D eigenvalue weighted by Crippen LogP contribution is 2.41. The molecule has 0 radical (unpaired) electrons. The molecular weight excluding hydrogens is 434 g/mol. The number of carbonyl (C=O) groups excluding carboxylic acids is 2. The molecule has 3 aromatic rings. The van der Waals surface area contributed by atoms with E-state index in [2.05, 4.69) is 22.3 Å². The van der Waals surface area contributed by atoms with Gasteiger partial charge in [0, 0.05) is 6.54 Å². The Hall–Kier alpha value is -3.78. The van der Waals surface area contributed by atoms with E-state index >= 15 is 0 Å². The third-order valence-corrected chi connectivity index (χ3v) is 6.70. The monoisotopic (exact) mass is 461 g/mol. The van der Waals surface area contributed by atoms with Crippen LogP contribution in [0.3, 0.4) is 0 Å². The molecule has 176 valence electrons. The van der Waals surface area contributed by atoms with Crippen molar-refractivity contribution >= 4 is 11.9 Å². The zero-order chi connectivity index (χ0) is 23.9. The van der Waals surface area contributed by atoms with Gasteiger partial charge in [-0.15, -0.1) is 0 Å². The number of imide groups is 1. The molecule has 2 aliphatic rings. The number of methoxy groups -OCH3 is 2. The molecule has 0 spiro atoms. The molecule has 0 unspecified atom stereocenters. The maximum atomic E-state index is 13.4. The molecule has 0 aliphatic carbocycles. The van der Waals surface area contributed by atoms with E-state index < -0.39 is 11.6 Å². The number of carbonyl (C=O) groups is 2. The second kappa shape index (κ2) is 8.53. The topological polar surface area (TPSA) is 84.2 Å². The van der Waals surface area contributed by atoms with E-state index in [1.165, 1.54) is 11.2 Å². The summed E-state index contributed by atoms with van der Waals surface area (Å²) in [5.41, 5.74) is 2.06. The van der Waals surface area contributed by atoms with Crippen LogP contribution in [0.2, 0.25) is 0 Å². The second-order valence-electron chi connectivity index (χ2n) is 8.69. The first-order valence-electron chi connectivity index (χ1n) is 11.2. The smallest absolute Gasteiger partial charge is 0.326 e. The highest BCUT2D eigenvalue weighted by Gasteiger charge is 2.51. The Balaban J connectivity index is 1.52. The summed E-state index contributed by atoms with van der Waals surface area (Å²) < 4.78 is 16.5. The van der Waals surface area contributed by atoms with Crippen LogP contribution in [0.25, 0.3) is 0 Å². The van der Waals surface area contributed by atoms with Gasteiger partial charge in [0.25, 0.3) is 5.91 Å². The first-order valence-corrected chi connectivity index (χ1v) is 11.2. The third kappa shape index (κ3) is 3.51. The Labute approximate surface area is 198 Å². The molecule has 0 bridgehead atoms. The molecule has 1 fully saturated rings. The zero-order valence-electron chi connectivity index (χ0n) is 19.4. The first kappa shape index (κ1) is 22.0. The van der Waals surface area contributed by atoms with Gasteiger partial charge >= 0.3 is 6.03 Å². The SMILES string of the molecule is COc1cc2c(cc1OC)[C@H](c1ccccc1)N(CN1C(=O)N[C@](C)(c3ccco3)C1=O)CC2. The fourth-order valence-electron chi connectivity index (χ4n) is 4.91. The number of nitrogens with zero attached hydrogens (tertiary/aromatic N) is 2. The summed E-state index contributed by atoms with van der Waals surface area (Å²) in [4.78, 5) is 29.7. The van der Waals surface area contributed by atoms with Crippen molar-refractivity contribution < 1.29 is 23.5 Å². The lowest BCUT2D eigenvalue weighted by atomic mass is 9.88. The quantitative estimate of drug-likeness (QED) is 0.564. The van der Waals surface area contributed by atoms with Gasteiger partial charge in [0.2, 0.25) is 0 Å². The van der Waals surface area contributed by atoms with Gasteiger partial charge in [0.05, 0.1) is 33.2 Å². The van der Waals surface area contributed by atoms with Gasteiger partial charge in [-0.3, -0.25) is 9.69 Å². The van der Waals surface area contributed by atoms with Crippen molar-refractivity contribution in [1.82, 2.24) is 15.1 Å². The lowest BCUT2D eigenvalue weighted by molar-refractivity contribution is -0.133. The van der Waals surface area contributed by atoms with E-state index in [4.69, 9.17) is 13.9 Å². The number of nitrogens with one attached hydrogen (secondary N) is 1. The second-order valence-corrected chi connectivity index (χ2v) is 8.69. The molecule has 34 heavy (non-hydrogen) atoms. The number of rotatable bonds is 6. The number of urea groups is 1. The molecule has 2 atom stereocenters. The van der Waals surface area contributed by atoms with Gasteiger partial charge in [-0.05, 0) is 54.3 Å². The lowest BCUT2D eigenvalue weighted by Crippen LogP contribution is -2.47. The minimum atomic E-state index is -1.23. The Morgan fingerprint density at radius 3 is 2.47 bits per heavy atom. The molecule has 8 heteroatoms. The zero-order valence-corrected chi connectivity index (χ0v) is 19.4. The van der Waals surface area contributed by atoms with Gasteiger partial charge in [-0.2, -0.15) is 0 Å². The Morgan fingerprint density at radius 2 is 1.79 bits per heavy atom. The van der Waals surface area contributed by atoms with Crippen LogP contribution < -0.4 is 14.8 Å². The highest BCUT2D eigenvalue weighted by molar-refractivity contribution is 6.06. The summed E-state index contributed by atoms with van der Waals surface area (Å²) in [7, 11) is 3.24. The molecule has 2 aliphatic heterocycles. The summed E-state index contributed by atoms with van der Waals surface area (Å²) in [6.07, 6.45) is 2.25. The number of benzene rings is 2. The van der Waals surface area contributed by atoms with Crippen LogP contribution in [0.1, 0.15) is 35.4 Å². The van der Waals surface area contributed by atoms with Crippen LogP contribution in [-0.4, -0.2) is 49.2 Å². The normalized spacial score (nSPS) is 22.4. The summed E-state index contributed by atoms with van der Waals surface area (Å²) in [5, 5.41) is 2.81. The lowest BCUT2D eigenvalue weighted by Gasteiger charge is -2.39. The van der Waals surface area contributed by atoms with Gasteiger partial charge in [-0.25, -0.2) is 9.69 Å². The number of fused-ring (bicyclic) bond motifs is 1. The van der Waals surface area contributed by atoms with Crippen molar-refractivity contribution in [3.05, 3.63) is 83.3 Å². The predicted molar refractivity (Wildman–Crippen MR) is 125 cm³/mol. The van der Waals surface area contributed by atoms with Crippen LogP contribution in [0.5, 0.6) is 11.5 Å². The van der Waals surface area contributed by atoms with Crippen LogP contribution >= 0.6 is 0 Å². The van der Waals surface area contributed by atoms with Crippen LogP contribution in [0.4, 0.5) is 4.79 Å². The molecule has 3 heterocycles. The molecule has 0 saturated carbocycles. The fourth-order valence-corrected chi connectivity index (χ4v) is 4.91. The average molecular weight is 462 g/mol. The van der Waals surface area contributed by atoms with E-state index in [1.54, 1.807) is 33.3 Å². The maximum absolute atomic E-state index is 13.4. The molecule has 1 aromatic heterocycles. The molecule has 2 aromatic carbocycles. The fraction of sp³-hybridized carbons (Fsp3) is 0.308. The van der Waals surface area contributed by atoms with E-state index in [0.717, 1.165) is 23.1 Å². The molecular formula is C26H27N3O5. The van der Waals surface area contributed by atoms with Gasteiger partial charge < -0.3 is 19.2 Å².